The molecule has 0 spiro atoms. The minimum atomic E-state index is -1.78. The number of hydrogen-bond donors (Lipinski definition) is 1. The van der Waals surface area contributed by atoms with Gasteiger partial charge >= 0.3 is 0 Å². The molecule has 0 amide bonds. The van der Waals surface area contributed by atoms with Gasteiger partial charge in [0, 0.05) is 24.8 Å². The van der Waals surface area contributed by atoms with Crippen molar-refractivity contribution in [2.75, 3.05) is 0 Å². The smallest absolute Gasteiger partial charge is 0.204 e. The minimum Gasteiger partial charge on any atom is -0.503 e. The number of hydrogen-bond acceptors (Lipinski definition) is 5. The fourth-order valence-electron chi connectivity index (χ4n) is 1.53. The maximum atomic E-state index is 12.5. The Morgan fingerprint density at radius 3 is 1.38 bits per heavy atom. The van der Waals surface area contributed by atoms with Crippen LogP contribution in [0, 0.1) is 26.8 Å². The van der Waals surface area contributed by atoms with Gasteiger partial charge in [-0.15, -0.1) is 0 Å². The van der Waals surface area contributed by atoms with E-state index in [2.05, 4.69) is 20.2 Å². The molecule has 0 fully saturated rings. The van der Waals surface area contributed by atoms with Gasteiger partial charge in [0.05, 0.1) is 14.9 Å². The van der Waals surface area contributed by atoms with Crippen molar-refractivity contribution in [2.45, 2.75) is 0 Å². The molecule has 2 heterocycles. The van der Waals surface area contributed by atoms with E-state index in [4.69, 9.17) is 5.11 Å². The predicted octanol–water partition coefficient (Wildman–Crippen LogP) is 5.45. The maximum Gasteiger partial charge on any atom is 0.204 e. The highest BCUT2D eigenvalue weighted by Crippen LogP contribution is 2.29. The largest absolute Gasteiger partial charge is 0.503 e. The summed E-state index contributed by atoms with van der Waals surface area (Å²) < 4.78 is 48.9. The Kier molecular flexibility index (Phi) is 6.95. The van der Waals surface area contributed by atoms with Crippen LogP contribution >= 0.6 is 22.6 Å². The molecule has 3 aromatic rings. The average Bonchev–Trinajstić information content (AvgIpc) is 2.70. The summed E-state index contributed by atoms with van der Waals surface area (Å²) in [6, 6.07) is 7.19. The number of rotatable bonds is 2. The Morgan fingerprint density at radius 1 is 0.692 bits per heavy atom. The SMILES string of the molecule is Oc1c(F)c(F)c(I)c(F)c1F.c1cc(N=Nc2ccncc2)ccn1. The molecule has 0 aliphatic carbocycles. The number of nitrogens with zero attached hydrogens (tertiary/aromatic N) is 4. The van der Waals surface area contributed by atoms with Gasteiger partial charge in [0.15, 0.2) is 17.4 Å². The van der Waals surface area contributed by atoms with Crippen molar-refractivity contribution >= 4 is 34.0 Å². The van der Waals surface area contributed by atoms with E-state index in [-0.39, 0.29) is 0 Å². The van der Waals surface area contributed by atoms with Crippen molar-refractivity contribution in [3.8, 4) is 5.75 Å². The predicted molar refractivity (Wildman–Crippen MR) is 93.3 cm³/mol. The number of aromatic hydroxyl groups is 1. The zero-order valence-corrected chi connectivity index (χ0v) is 14.9. The second-order valence-electron chi connectivity index (χ2n) is 4.53. The fraction of sp³-hybridized carbons (Fsp3) is 0. The van der Waals surface area contributed by atoms with Crippen molar-refractivity contribution < 1.29 is 22.7 Å². The normalized spacial score (nSPS) is 10.5. The van der Waals surface area contributed by atoms with E-state index in [1.807, 2.05) is 0 Å². The van der Waals surface area contributed by atoms with Crippen LogP contribution in [0.2, 0.25) is 0 Å². The lowest BCUT2D eigenvalue weighted by Gasteiger charge is -2.02. The first-order valence-electron chi connectivity index (χ1n) is 6.84. The summed E-state index contributed by atoms with van der Waals surface area (Å²) in [6.45, 7) is 0. The van der Waals surface area contributed by atoms with Gasteiger partial charge in [-0.25, -0.2) is 8.78 Å². The lowest BCUT2D eigenvalue weighted by atomic mass is 10.3. The Morgan fingerprint density at radius 2 is 1.04 bits per heavy atom. The molecule has 134 valence electrons. The van der Waals surface area contributed by atoms with Crippen LogP contribution in [0.15, 0.2) is 59.3 Å². The third-order valence-electron chi connectivity index (χ3n) is 2.79. The number of phenolic OH excluding ortho intramolecular Hbond substituents is 1. The van der Waals surface area contributed by atoms with Crippen LogP contribution in [0.5, 0.6) is 5.75 Å². The number of phenols is 1. The molecule has 2 aromatic heterocycles. The van der Waals surface area contributed by atoms with Crippen LogP contribution in [0.4, 0.5) is 28.9 Å². The van der Waals surface area contributed by atoms with Gasteiger partial charge in [-0.3, -0.25) is 9.97 Å². The van der Waals surface area contributed by atoms with Crippen LogP contribution < -0.4 is 0 Å². The molecule has 3 rings (SSSR count). The molecule has 0 unspecified atom stereocenters. The molecule has 0 bridgehead atoms. The van der Waals surface area contributed by atoms with Crippen LogP contribution in [-0.4, -0.2) is 15.1 Å². The Hall–Kier alpha value is -2.63. The minimum absolute atomic E-state index is 0.789. The molecule has 0 aliphatic rings. The van der Waals surface area contributed by atoms with Gasteiger partial charge in [-0.2, -0.15) is 19.0 Å². The molecule has 26 heavy (non-hydrogen) atoms. The summed E-state index contributed by atoms with van der Waals surface area (Å²) in [4.78, 5) is 7.78. The molecular weight excluding hydrogens is 467 g/mol. The molecule has 0 saturated carbocycles. The average molecular weight is 476 g/mol. The lowest BCUT2D eigenvalue weighted by molar-refractivity contribution is 0.353. The van der Waals surface area contributed by atoms with Gasteiger partial charge in [0.2, 0.25) is 11.6 Å². The van der Waals surface area contributed by atoms with E-state index in [0.29, 0.717) is 0 Å². The van der Waals surface area contributed by atoms with E-state index in [9.17, 15) is 17.6 Å². The molecule has 10 heteroatoms. The highest BCUT2D eigenvalue weighted by atomic mass is 127. The number of benzene rings is 1. The van der Waals surface area contributed by atoms with Gasteiger partial charge in [-0.05, 0) is 46.9 Å². The highest BCUT2D eigenvalue weighted by Gasteiger charge is 2.23. The van der Waals surface area contributed by atoms with Crippen LogP contribution in [0.1, 0.15) is 0 Å². The third kappa shape index (κ3) is 4.94. The van der Waals surface area contributed by atoms with Crippen LogP contribution in [-0.2, 0) is 0 Å². The Balaban J connectivity index is 0.000000190. The first-order valence-corrected chi connectivity index (χ1v) is 7.92. The van der Waals surface area contributed by atoms with Crippen molar-refractivity contribution in [1.82, 2.24) is 9.97 Å². The maximum absolute atomic E-state index is 12.5. The first-order chi connectivity index (χ1) is 12.4. The van der Waals surface area contributed by atoms with E-state index in [1.165, 1.54) is 0 Å². The van der Waals surface area contributed by atoms with Crippen molar-refractivity contribution in [2.24, 2.45) is 10.2 Å². The quantitative estimate of drug-likeness (QED) is 0.176. The molecule has 0 aliphatic heterocycles. The standard InChI is InChI=1S/C10H8N4.C6HF4IO/c1-5-11-6-2-9(1)13-14-10-3-7-12-8-4-10;7-1-3(9)6(12)4(10)2(8)5(1)11/h1-8H;12H. The number of halogens is 5. The van der Waals surface area contributed by atoms with Crippen molar-refractivity contribution in [3.05, 3.63) is 75.9 Å². The van der Waals surface area contributed by atoms with Crippen LogP contribution in [0.25, 0.3) is 0 Å². The topological polar surface area (TPSA) is 70.7 Å². The summed E-state index contributed by atoms with van der Waals surface area (Å²) in [5.41, 5.74) is 1.58. The summed E-state index contributed by atoms with van der Waals surface area (Å²) in [6.07, 6.45) is 6.73. The van der Waals surface area contributed by atoms with E-state index < -0.39 is 32.6 Å². The monoisotopic (exact) mass is 476 g/mol. The number of aromatic nitrogens is 2. The van der Waals surface area contributed by atoms with Gasteiger partial charge in [-0.1, -0.05) is 0 Å². The summed E-state index contributed by atoms with van der Waals surface area (Å²) in [7, 11) is 0. The van der Waals surface area contributed by atoms with Gasteiger partial charge in [0.1, 0.15) is 0 Å². The Bertz CT molecular complexity index is 765. The number of azo groups is 1. The first kappa shape index (κ1) is 19.7. The molecule has 1 N–H and O–H groups in total. The second-order valence-corrected chi connectivity index (χ2v) is 5.61. The molecule has 5 nitrogen and oxygen atoms in total. The van der Waals surface area contributed by atoms with Gasteiger partial charge in [0.25, 0.3) is 0 Å². The zero-order valence-electron chi connectivity index (χ0n) is 12.7. The van der Waals surface area contributed by atoms with Gasteiger partial charge < -0.3 is 5.11 Å². The van der Waals surface area contributed by atoms with E-state index in [0.717, 1.165) is 34.0 Å². The third-order valence-corrected chi connectivity index (χ3v) is 3.74. The highest BCUT2D eigenvalue weighted by molar-refractivity contribution is 14.1. The van der Waals surface area contributed by atoms with E-state index in [1.54, 1.807) is 49.1 Å². The Labute approximate surface area is 158 Å². The lowest BCUT2D eigenvalue weighted by Crippen LogP contribution is -1.98. The molecule has 0 atom stereocenters. The van der Waals surface area contributed by atoms with Crippen LogP contribution in [0.3, 0.4) is 0 Å². The fourth-order valence-corrected chi connectivity index (χ4v) is 2.00. The molecule has 0 saturated heterocycles. The van der Waals surface area contributed by atoms with Crippen molar-refractivity contribution in [3.63, 3.8) is 0 Å². The second kappa shape index (κ2) is 9.17. The summed E-state index contributed by atoms with van der Waals surface area (Å²) in [5.74, 6) is -8.37. The van der Waals surface area contributed by atoms with E-state index >= 15 is 0 Å². The van der Waals surface area contributed by atoms with Crippen molar-refractivity contribution in [1.29, 1.82) is 0 Å². The summed E-state index contributed by atoms with van der Waals surface area (Å²) in [5, 5.41) is 16.5. The number of pyridine rings is 2. The molecular formula is C16H9F4IN4O. The molecule has 0 radical (unpaired) electrons. The zero-order chi connectivity index (χ0) is 19.1. The summed E-state index contributed by atoms with van der Waals surface area (Å²) >= 11 is 1.10. The molecule has 1 aromatic carbocycles.